The second kappa shape index (κ2) is 8.86. The molecule has 1 aliphatic carbocycles. The number of carbonyl (C=O) groups excluding carboxylic acids is 1. The van der Waals surface area contributed by atoms with Crippen molar-refractivity contribution in [3.05, 3.63) is 65.2 Å². The highest BCUT2D eigenvalue weighted by atomic mass is 16.6. The zero-order valence-electron chi connectivity index (χ0n) is 15.4. The van der Waals surface area contributed by atoms with Gasteiger partial charge in [-0.15, -0.1) is 0 Å². The SMILES string of the molecule is CCOc1ccc(C(=O)OC2CCC2OCc2ccccc2)cc1CC. The molecule has 1 aliphatic rings. The number of ether oxygens (including phenoxy) is 3. The molecule has 2 aromatic rings. The van der Waals surface area contributed by atoms with Gasteiger partial charge in [-0.25, -0.2) is 4.79 Å². The van der Waals surface area contributed by atoms with Gasteiger partial charge in [0, 0.05) is 0 Å². The molecule has 0 bridgehead atoms. The molecule has 1 fully saturated rings. The van der Waals surface area contributed by atoms with Crippen molar-refractivity contribution in [3.8, 4) is 5.75 Å². The summed E-state index contributed by atoms with van der Waals surface area (Å²) < 4.78 is 17.2. The van der Waals surface area contributed by atoms with Crippen LogP contribution < -0.4 is 4.74 Å². The van der Waals surface area contributed by atoms with Gasteiger partial charge in [-0.3, -0.25) is 0 Å². The minimum Gasteiger partial charge on any atom is -0.494 e. The summed E-state index contributed by atoms with van der Waals surface area (Å²) in [5.74, 6) is 0.542. The summed E-state index contributed by atoms with van der Waals surface area (Å²) >= 11 is 0. The fourth-order valence-electron chi connectivity index (χ4n) is 3.03. The highest BCUT2D eigenvalue weighted by molar-refractivity contribution is 5.90. The number of rotatable bonds is 8. The molecule has 0 aromatic heterocycles. The molecule has 4 nitrogen and oxygen atoms in total. The standard InChI is InChI=1S/C22H26O4/c1-3-17-14-18(10-11-19(17)24-4-2)22(23)26-21-13-12-20(21)25-15-16-8-6-5-7-9-16/h5-11,14,20-21H,3-4,12-13,15H2,1-2H3. The minimum atomic E-state index is -0.291. The van der Waals surface area contributed by atoms with E-state index in [2.05, 4.69) is 0 Å². The third kappa shape index (κ3) is 4.44. The smallest absolute Gasteiger partial charge is 0.338 e. The van der Waals surface area contributed by atoms with Gasteiger partial charge in [0.05, 0.1) is 24.9 Å². The normalized spacial score (nSPS) is 18.8. The molecular weight excluding hydrogens is 328 g/mol. The van der Waals surface area contributed by atoms with Crippen molar-refractivity contribution in [2.24, 2.45) is 0 Å². The first-order valence-electron chi connectivity index (χ1n) is 9.33. The monoisotopic (exact) mass is 354 g/mol. The van der Waals surface area contributed by atoms with Gasteiger partial charge in [-0.1, -0.05) is 37.3 Å². The Labute approximate surface area is 155 Å². The Hall–Kier alpha value is -2.33. The second-order valence-corrected chi connectivity index (χ2v) is 6.47. The molecule has 0 amide bonds. The van der Waals surface area contributed by atoms with E-state index in [9.17, 15) is 4.79 Å². The van der Waals surface area contributed by atoms with Crippen molar-refractivity contribution in [2.45, 2.75) is 51.9 Å². The fourth-order valence-corrected chi connectivity index (χ4v) is 3.03. The maximum absolute atomic E-state index is 12.5. The summed E-state index contributed by atoms with van der Waals surface area (Å²) in [5.41, 5.74) is 2.72. The summed E-state index contributed by atoms with van der Waals surface area (Å²) in [4.78, 5) is 12.5. The Bertz CT molecular complexity index is 726. The Kier molecular flexibility index (Phi) is 6.29. The first-order valence-corrected chi connectivity index (χ1v) is 9.33. The highest BCUT2D eigenvalue weighted by Crippen LogP contribution is 2.29. The average molecular weight is 354 g/mol. The molecule has 0 radical (unpaired) electrons. The van der Waals surface area contributed by atoms with Crippen LogP contribution in [0.4, 0.5) is 0 Å². The van der Waals surface area contributed by atoms with Crippen LogP contribution in [0.2, 0.25) is 0 Å². The molecule has 26 heavy (non-hydrogen) atoms. The molecular formula is C22H26O4. The average Bonchev–Trinajstić information content (AvgIpc) is 2.66. The first kappa shape index (κ1) is 18.5. The molecule has 0 spiro atoms. The Morgan fingerprint density at radius 1 is 1.04 bits per heavy atom. The van der Waals surface area contributed by atoms with Crippen molar-refractivity contribution >= 4 is 5.97 Å². The molecule has 2 unspecified atom stereocenters. The van der Waals surface area contributed by atoms with Gasteiger partial charge in [0.25, 0.3) is 0 Å². The van der Waals surface area contributed by atoms with Crippen LogP contribution in [0.1, 0.15) is 48.2 Å². The van der Waals surface area contributed by atoms with E-state index in [0.717, 1.165) is 36.1 Å². The third-order valence-electron chi connectivity index (χ3n) is 4.69. The zero-order valence-corrected chi connectivity index (χ0v) is 15.4. The van der Waals surface area contributed by atoms with Crippen LogP contribution in [-0.2, 0) is 22.5 Å². The topological polar surface area (TPSA) is 44.8 Å². The van der Waals surface area contributed by atoms with Crippen molar-refractivity contribution < 1.29 is 19.0 Å². The predicted octanol–water partition coefficient (Wildman–Crippen LogP) is 4.55. The van der Waals surface area contributed by atoms with E-state index in [1.54, 1.807) is 6.07 Å². The molecule has 0 heterocycles. The van der Waals surface area contributed by atoms with Crippen LogP contribution in [0.15, 0.2) is 48.5 Å². The summed E-state index contributed by atoms with van der Waals surface area (Å²) in [7, 11) is 0. The molecule has 0 N–H and O–H groups in total. The molecule has 138 valence electrons. The molecule has 4 heteroatoms. The predicted molar refractivity (Wildman–Crippen MR) is 100 cm³/mol. The quantitative estimate of drug-likeness (QED) is 0.652. The second-order valence-electron chi connectivity index (χ2n) is 6.47. The van der Waals surface area contributed by atoms with Gasteiger partial charge in [0.1, 0.15) is 11.9 Å². The largest absolute Gasteiger partial charge is 0.494 e. The van der Waals surface area contributed by atoms with Crippen LogP contribution in [-0.4, -0.2) is 24.8 Å². The number of hydrogen-bond donors (Lipinski definition) is 0. The Morgan fingerprint density at radius 3 is 2.46 bits per heavy atom. The number of hydrogen-bond acceptors (Lipinski definition) is 4. The van der Waals surface area contributed by atoms with E-state index < -0.39 is 0 Å². The number of aryl methyl sites for hydroxylation is 1. The lowest BCUT2D eigenvalue weighted by molar-refractivity contribution is -0.110. The maximum atomic E-state index is 12.5. The molecule has 2 atom stereocenters. The molecule has 0 saturated heterocycles. The van der Waals surface area contributed by atoms with E-state index in [0.29, 0.717) is 18.8 Å². The van der Waals surface area contributed by atoms with E-state index in [1.807, 2.05) is 56.3 Å². The molecule has 3 rings (SSSR count). The number of esters is 1. The van der Waals surface area contributed by atoms with E-state index in [-0.39, 0.29) is 18.2 Å². The summed E-state index contributed by atoms with van der Waals surface area (Å²) in [6, 6.07) is 15.5. The van der Waals surface area contributed by atoms with Crippen molar-refractivity contribution in [1.82, 2.24) is 0 Å². The lowest BCUT2D eigenvalue weighted by Crippen LogP contribution is -2.42. The molecule has 0 aliphatic heterocycles. The van der Waals surface area contributed by atoms with Crippen molar-refractivity contribution in [3.63, 3.8) is 0 Å². The summed E-state index contributed by atoms with van der Waals surface area (Å²) in [6.07, 6.45) is 2.40. The maximum Gasteiger partial charge on any atom is 0.338 e. The molecule has 2 aromatic carbocycles. The lowest BCUT2D eigenvalue weighted by Gasteiger charge is -2.35. The van der Waals surface area contributed by atoms with Crippen molar-refractivity contribution in [1.29, 1.82) is 0 Å². The fraction of sp³-hybridized carbons (Fsp3) is 0.409. The van der Waals surface area contributed by atoms with E-state index in [4.69, 9.17) is 14.2 Å². The van der Waals surface area contributed by atoms with Crippen LogP contribution in [0.3, 0.4) is 0 Å². The van der Waals surface area contributed by atoms with E-state index >= 15 is 0 Å². The number of carbonyl (C=O) groups is 1. The van der Waals surface area contributed by atoms with E-state index in [1.165, 1.54) is 0 Å². The molecule has 1 saturated carbocycles. The van der Waals surface area contributed by atoms with Gasteiger partial charge < -0.3 is 14.2 Å². The summed E-state index contributed by atoms with van der Waals surface area (Å²) in [6.45, 7) is 5.15. The minimum absolute atomic E-state index is 0.0208. The van der Waals surface area contributed by atoms with Gasteiger partial charge in [-0.2, -0.15) is 0 Å². The van der Waals surface area contributed by atoms with Crippen molar-refractivity contribution in [2.75, 3.05) is 6.61 Å². The Morgan fingerprint density at radius 2 is 1.81 bits per heavy atom. The van der Waals surface area contributed by atoms with Crippen LogP contribution in [0.5, 0.6) is 5.75 Å². The van der Waals surface area contributed by atoms with Gasteiger partial charge in [0.15, 0.2) is 0 Å². The van der Waals surface area contributed by atoms with Gasteiger partial charge >= 0.3 is 5.97 Å². The van der Waals surface area contributed by atoms with Crippen LogP contribution in [0.25, 0.3) is 0 Å². The van der Waals surface area contributed by atoms with Gasteiger partial charge in [-0.05, 0) is 55.5 Å². The Balaban J connectivity index is 1.56. The summed E-state index contributed by atoms with van der Waals surface area (Å²) in [5, 5.41) is 0. The van der Waals surface area contributed by atoms with Crippen LogP contribution >= 0.6 is 0 Å². The highest BCUT2D eigenvalue weighted by Gasteiger charge is 2.35. The number of benzene rings is 2. The van der Waals surface area contributed by atoms with Crippen LogP contribution in [0, 0.1) is 0 Å². The first-order chi connectivity index (χ1) is 12.7. The zero-order chi connectivity index (χ0) is 18.4. The third-order valence-corrected chi connectivity index (χ3v) is 4.69. The lowest BCUT2D eigenvalue weighted by atomic mass is 9.91. The van der Waals surface area contributed by atoms with Gasteiger partial charge in [0.2, 0.25) is 0 Å².